The van der Waals surface area contributed by atoms with Crippen molar-refractivity contribution in [2.24, 2.45) is 0 Å². The van der Waals surface area contributed by atoms with Crippen LogP contribution in [0.15, 0.2) is 57.8 Å². The molecule has 1 aromatic heterocycles. The van der Waals surface area contributed by atoms with Crippen LogP contribution in [0.5, 0.6) is 0 Å². The number of nitrogens with zero attached hydrogens (tertiary/aromatic N) is 2. The van der Waals surface area contributed by atoms with Crippen LogP contribution in [0.1, 0.15) is 23.9 Å². The maximum absolute atomic E-state index is 12.9. The number of carbonyl (C=O) groups is 1. The lowest BCUT2D eigenvalue weighted by Crippen LogP contribution is -2.14. The van der Waals surface area contributed by atoms with E-state index in [-0.39, 0.29) is 24.2 Å². The highest BCUT2D eigenvalue weighted by atomic mass is 32.2. The summed E-state index contributed by atoms with van der Waals surface area (Å²) in [5.41, 5.74) is 1.76. The Morgan fingerprint density at radius 1 is 1.08 bits per heavy atom. The molecule has 1 amide bonds. The van der Waals surface area contributed by atoms with Crippen molar-refractivity contribution in [1.82, 2.24) is 10.2 Å². The number of hydrogen-bond donors (Lipinski definition) is 1. The molecular weight excluding hydrogens is 353 g/mol. The summed E-state index contributed by atoms with van der Waals surface area (Å²) in [5, 5.41) is 10.3. The van der Waals surface area contributed by atoms with Crippen LogP contribution < -0.4 is 5.32 Å². The molecule has 0 unspecified atom stereocenters. The lowest BCUT2D eigenvalue weighted by molar-refractivity contribution is -0.115. The van der Waals surface area contributed by atoms with Gasteiger partial charge in [-0.3, -0.25) is 10.1 Å². The van der Waals surface area contributed by atoms with Gasteiger partial charge in [0.1, 0.15) is 5.82 Å². The molecule has 1 N–H and O–H groups in total. The summed E-state index contributed by atoms with van der Waals surface area (Å²) >= 11 is 1.76. The fourth-order valence-corrected chi connectivity index (χ4v) is 3.03. The van der Waals surface area contributed by atoms with E-state index in [2.05, 4.69) is 22.4 Å². The largest absolute Gasteiger partial charge is 0.407 e. The third kappa shape index (κ3) is 5.16. The van der Waals surface area contributed by atoms with E-state index in [1.54, 1.807) is 23.9 Å². The zero-order valence-corrected chi connectivity index (χ0v) is 15.1. The molecule has 1 heterocycles. The maximum Gasteiger partial charge on any atom is 0.322 e. The number of anilines is 1. The fourth-order valence-electron chi connectivity index (χ4n) is 2.37. The predicted molar refractivity (Wildman–Crippen MR) is 98.7 cm³/mol. The first-order valence-corrected chi connectivity index (χ1v) is 9.19. The number of hydrogen-bond acceptors (Lipinski definition) is 5. The van der Waals surface area contributed by atoms with E-state index < -0.39 is 0 Å². The number of rotatable bonds is 7. The van der Waals surface area contributed by atoms with E-state index in [9.17, 15) is 9.18 Å². The van der Waals surface area contributed by atoms with Crippen molar-refractivity contribution in [3.05, 3.63) is 71.4 Å². The van der Waals surface area contributed by atoms with Crippen LogP contribution in [0.25, 0.3) is 0 Å². The highest BCUT2D eigenvalue weighted by Crippen LogP contribution is 2.18. The highest BCUT2D eigenvalue weighted by molar-refractivity contribution is 7.99. The SMILES string of the molecule is CCSc1ccc(CC(=O)Nc2nnc(Cc3ccc(F)cc3)o2)cc1. The molecule has 0 saturated heterocycles. The lowest BCUT2D eigenvalue weighted by atomic mass is 10.1. The minimum absolute atomic E-state index is 0.0604. The zero-order chi connectivity index (χ0) is 18.4. The summed E-state index contributed by atoms with van der Waals surface area (Å²) in [4.78, 5) is 13.3. The first-order chi connectivity index (χ1) is 12.6. The summed E-state index contributed by atoms with van der Waals surface area (Å²) in [6.07, 6.45) is 0.604. The van der Waals surface area contributed by atoms with Gasteiger partial charge in [-0.1, -0.05) is 36.3 Å². The van der Waals surface area contributed by atoms with Crippen molar-refractivity contribution in [3.8, 4) is 0 Å². The van der Waals surface area contributed by atoms with Gasteiger partial charge in [0.15, 0.2) is 0 Å². The third-order valence-electron chi connectivity index (χ3n) is 3.58. The number of benzene rings is 2. The molecule has 5 nitrogen and oxygen atoms in total. The minimum atomic E-state index is -0.298. The number of thioether (sulfide) groups is 1. The topological polar surface area (TPSA) is 68.0 Å². The molecule has 0 aliphatic carbocycles. The van der Waals surface area contributed by atoms with Gasteiger partial charge in [-0.25, -0.2) is 4.39 Å². The molecule has 0 bridgehead atoms. The van der Waals surface area contributed by atoms with Crippen molar-refractivity contribution in [1.29, 1.82) is 0 Å². The molecule has 0 aliphatic heterocycles. The third-order valence-corrected chi connectivity index (χ3v) is 4.48. The summed E-state index contributed by atoms with van der Waals surface area (Å²) in [5.74, 6) is 0.844. The van der Waals surface area contributed by atoms with E-state index >= 15 is 0 Å². The fraction of sp³-hybridized carbons (Fsp3) is 0.211. The average molecular weight is 371 g/mol. The first-order valence-electron chi connectivity index (χ1n) is 8.21. The molecule has 3 rings (SSSR count). The van der Waals surface area contributed by atoms with Gasteiger partial charge >= 0.3 is 6.01 Å². The lowest BCUT2D eigenvalue weighted by Gasteiger charge is -2.03. The molecule has 0 saturated carbocycles. The molecule has 7 heteroatoms. The first kappa shape index (κ1) is 18.1. The van der Waals surface area contributed by atoms with Crippen LogP contribution >= 0.6 is 11.8 Å². The van der Waals surface area contributed by atoms with Crippen LogP contribution in [0.3, 0.4) is 0 Å². The normalized spacial score (nSPS) is 10.7. The van der Waals surface area contributed by atoms with E-state index in [0.29, 0.717) is 12.3 Å². The molecule has 2 aromatic carbocycles. The Hall–Kier alpha value is -2.67. The highest BCUT2D eigenvalue weighted by Gasteiger charge is 2.11. The quantitative estimate of drug-likeness (QED) is 0.634. The molecule has 0 atom stereocenters. The van der Waals surface area contributed by atoms with Gasteiger partial charge in [-0.15, -0.1) is 16.9 Å². The Balaban J connectivity index is 1.54. The number of nitrogens with one attached hydrogen (secondary N) is 1. The number of aromatic nitrogens is 2. The predicted octanol–water partition coefficient (Wildman–Crippen LogP) is 4.09. The van der Waals surface area contributed by atoms with Gasteiger partial charge in [0.25, 0.3) is 0 Å². The van der Waals surface area contributed by atoms with Crippen LogP contribution in [-0.4, -0.2) is 21.9 Å². The number of halogens is 1. The molecule has 134 valence electrons. The molecule has 3 aromatic rings. The van der Waals surface area contributed by atoms with E-state index in [0.717, 1.165) is 16.9 Å². The second kappa shape index (κ2) is 8.62. The van der Waals surface area contributed by atoms with Crippen LogP contribution in [0.2, 0.25) is 0 Å². The Labute approximate surface area is 155 Å². The smallest absolute Gasteiger partial charge is 0.322 e. The van der Waals surface area contributed by atoms with Crippen molar-refractivity contribution in [3.63, 3.8) is 0 Å². The Bertz CT molecular complexity index is 863. The molecule has 0 radical (unpaired) electrons. The molecular formula is C19H18FN3O2S. The molecule has 0 fully saturated rings. The van der Waals surface area contributed by atoms with Crippen molar-refractivity contribution in [2.45, 2.75) is 24.7 Å². The van der Waals surface area contributed by atoms with Gasteiger partial charge < -0.3 is 4.42 Å². The monoisotopic (exact) mass is 371 g/mol. The van der Waals surface area contributed by atoms with Crippen molar-refractivity contribution in [2.75, 3.05) is 11.1 Å². The van der Waals surface area contributed by atoms with Crippen LogP contribution in [0, 0.1) is 5.82 Å². The summed E-state index contributed by atoms with van der Waals surface area (Å²) in [7, 11) is 0. The summed E-state index contributed by atoms with van der Waals surface area (Å²) in [6, 6.07) is 14.0. The number of carbonyl (C=O) groups excluding carboxylic acids is 1. The van der Waals surface area contributed by atoms with Gasteiger partial charge in [0.2, 0.25) is 11.8 Å². The van der Waals surface area contributed by atoms with Gasteiger partial charge in [-0.2, -0.15) is 0 Å². The van der Waals surface area contributed by atoms with Crippen LogP contribution in [-0.2, 0) is 17.6 Å². The zero-order valence-electron chi connectivity index (χ0n) is 14.2. The van der Waals surface area contributed by atoms with Crippen molar-refractivity contribution >= 4 is 23.7 Å². The minimum Gasteiger partial charge on any atom is -0.407 e. The standard InChI is InChI=1S/C19H18FN3O2S/c1-2-26-16-9-5-13(6-10-16)11-17(24)21-19-23-22-18(25-19)12-14-3-7-15(20)8-4-14/h3-10H,2,11-12H2,1H3,(H,21,23,24). The van der Waals surface area contributed by atoms with E-state index in [1.807, 2.05) is 24.3 Å². The molecule has 0 aliphatic rings. The number of amides is 1. The maximum atomic E-state index is 12.9. The van der Waals surface area contributed by atoms with Gasteiger partial charge in [0, 0.05) is 4.90 Å². The Morgan fingerprint density at radius 2 is 1.77 bits per heavy atom. The second-order valence-electron chi connectivity index (χ2n) is 5.61. The van der Waals surface area contributed by atoms with Gasteiger partial charge in [0.05, 0.1) is 12.8 Å². The average Bonchev–Trinajstić information content (AvgIpc) is 3.05. The Morgan fingerprint density at radius 3 is 2.46 bits per heavy atom. The van der Waals surface area contributed by atoms with Crippen molar-refractivity contribution < 1.29 is 13.6 Å². The summed E-state index contributed by atoms with van der Waals surface area (Å²) in [6.45, 7) is 2.10. The van der Waals surface area contributed by atoms with E-state index in [4.69, 9.17) is 4.42 Å². The van der Waals surface area contributed by atoms with Crippen LogP contribution in [0.4, 0.5) is 10.4 Å². The van der Waals surface area contributed by atoms with Gasteiger partial charge in [-0.05, 0) is 41.1 Å². The molecule has 0 spiro atoms. The Kier molecular flexibility index (Phi) is 6.01. The summed E-state index contributed by atoms with van der Waals surface area (Å²) < 4.78 is 18.3. The van der Waals surface area contributed by atoms with E-state index in [1.165, 1.54) is 17.0 Å². The second-order valence-corrected chi connectivity index (χ2v) is 6.94. The molecule has 26 heavy (non-hydrogen) atoms.